The zero-order chi connectivity index (χ0) is 10.8. The number of hydrogen-bond donors (Lipinski definition) is 0. The van der Waals surface area contributed by atoms with Crippen molar-refractivity contribution in [2.75, 3.05) is 6.61 Å². The maximum Gasteiger partial charge on any atom is 0.306 e. The molecule has 2 rings (SSSR count). The van der Waals surface area contributed by atoms with Gasteiger partial charge in [-0.15, -0.1) is 0 Å². The van der Waals surface area contributed by atoms with Crippen molar-refractivity contribution in [3.8, 4) is 0 Å². The third kappa shape index (κ3) is 2.20. The highest BCUT2D eigenvalue weighted by Gasteiger charge is 2.29. The molecule has 1 aromatic rings. The normalized spacial score (nSPS) is 22.5. The van der Waals surface area contributed by atoms with Gasteiger partial charge in [0.2, 0.25) is 0 Å². The van der Waals surface area contributed by atoms with Crippen LogP contribution in [0.5, 0.6) is 0 Å². The van der Waals surface area contributed by atoms with Crippen LogP contribution in [0.1, 0.15) is 30.4 Å². The molecular weight excluding hydrogens is 188 g/mol. The van der Waals surface area contributed by atoms with Gasteiger partial charge in [0.15, 0.2) is 0 Å². The average molecular weight is 204 g/mol. The van der Waals surface area contributed by atoms with Crippen LogP contribution in [0.4, 0.5) is 0 Å². The fourth-order valence-corrected chi connectivity index (χ4v) is 2.00. The predicted octanol–water partition coefficient (Wildman–Crippen LogP) is 2.66. The Labute approximate surface area is 90.3 Å². The molecule has 0 bridgehead atoms. The van der Waals surface area contributed by atoms with Crippen molar-refractivity contribution in [2.24, 2.45) is 5.92 Å². The standard InChI is InChI=1S/C13H16O2/c1-9-3-5-11(6-4-9)10(2)12-7-13(14)15-8-12/h3-6,10,12H,7-8H2,1-2H3/t10-,12+/m1/s1. The van der Waals surface area contributed by atoms with Crippen molar-refractivity contribution in [3.63, 3.8) is 0 Å². The van der Waals surface area contributed by atoms with Crippen molar-refractivity contribution in [1.82, 2.24) is 0 Å². The van der Waals surface area contributed by atoms with E-state index in [9.17, 15) is 4.79 Å². The van der Waals surface area contributed by atoms with Gasteiger partial charge in [0, 0.05) is 5.92 Å². The van der Waals surface area contributed by atoms with E-state index >= 15 is 0 Å². The fraction of sp³-hybridized carbons (Fsp3) is 0.462. The third-order valence-corrected chi connectivity index (χ3v) is 3.20. The van der Waals surface area contributed by atoms with E-state index in [2.05, 4.69) is 38.1 Å². The Morgan fingerprint density at radius 1 is 1.33 bits per heavy atom. The lowest BCUT2D eigenvalue weighted by Crippen LogP contribution is -2.09. The molecular formula is C13H16O2. The summed E-state index contributed by atoms with van der Waals surface area (Å²) in [6.07, 6.45) is 0.565. The van der Waals surface area contributed by atoms with Crippen LogP contribution in [0.15, 0.2) is 24.3 Å². The molecule has 80 valence electrons. The van der Waals surface area contributed by atoms with Gasteiger partial charge < -0.3 is 4.74 Å². The smallest absolute Gasteiger partial charge is 0.306 e. The first kappa shape index (κ1) is 10.2. The molecule has 0 spiro atoms. The molecule has 1 fully saturated rings. The van der Waals surface area contributed by atoms with E-state index in [0.717, 1.165) is 0 Å². The van der Waals surface area contributed by atoms with Gasteiger partial charge in [0.25, 0.3) is 0 Å². The van der Waals surface area contributed by atoms with Crippen LogP contribution in [0.25, 0.3) is 0 Å². The first-order valence-corrected chi connectivity index (χ1v) is 5.39. The molecule has 1 saturated heterocycles. The second-order valence-corrected chi connectivity index (χ2v) is 4.35. The monoisotopic (exact) mass is 204 g/mol. The van der Waals surface area contributed by atoms with Crippen LogP contribution in [0.3, 0.4) is 0 Å². The molecule has 0 unspecified atom stereocenters. The van der Waals surface area contributed by atoms with E-state index < -0.39 is 0 Å². The van der Waals surface area contributed by atoms with Crippen LogP contribution in [-0.4, -0.2) is 12.6 Å². The molecule has 0 saturated carbocycles. The number of ether oxygens (including phenoxy) is 1. The summed E-state index contributed by atoms with van der Waals surface area (Å²) in [5.41, 5.74) is 2.56. The summed E-state index contributed by atoms with van der Waals surface area (Å²) < 4.78 is 4.99. The quantitative estimate of drug-likeness (QED) is 0.692. The molecule has 0 amide bonds. The fourth-order valence-electron chi connectivity index (χ4n) is 2.00. The first-order valence-electron chi connectivity index (χ1n) is 5.39. The number of aryl methyl sites for hydroxylation is 1. The van der Waals surface area contributed by atoms with Gasteiger partial charge in [-0.3, -0.25) is 4.79 Å². The van der Waals surface area contributed by atoms with Crippen molar-refractivity contribution < 1.29 is 9.53 Å². The summed E-state index contributed by atoms with van der Waals surface area (Å²) >= 11 is 0. The van der Waals surface area contributed by atoms with E-state index in [4.69, 9.17) is 4.74 Å². The number of rotatable bonds is 2. The zero-order valence-electron chi connectivity index (χ0n) is 9.19. The number of benzene rings is 1. The molecule has 1 aliphatic heterocycles. The highest BCUT2D eigenvalue weighted by molar-refractivity contribution is 5.71. The van der Waals surface area contributed by atoms with Crippen LogP contribution < -0.4 is 0 Å². The molecule has 0 aliphatic carbocycles. The minimum absolute atomic E-state index is 0.0565. The maximum atomic E-state index is 11.0. The molecule has 2 nitrogen and oxygen atoms in total. The molecule has 0 N–H and O–H groups in total. The lowest BCUT2D eigenvalue weighted by atomic mass is 9.87. The van der Waals surface area contributed by atoms with Gasteiger partial charge in [-0.05, 0) is 18.4 Å². The second kappa shape index (κ2) is 4.05. The van der Waals surface area contributed by atoms with Gasteiger partial charge in [0.1, 0.15) is 0 Å². The summed E-state index contributed by atoms with van der Waals surface area (Å²) in [5.74, 6) is 0.691. The van der Waals surface area contributed by atoms with E-state index in [1.54, 1.807) is 0 Å². The van der Waals surface area contributed by atoms with Crippen molar-refractivity contribution >= 4 is 5.97 Å². The number of carbonyl (C=O) groups is 1. The van der Waals surface area contributed by atoms with E-state index in [-0.39, 0.29) is 5.97 Å². The van der Waals surface area contributed by atoms with Gasteiger partial charge in [-0.25, -0.2) is 0 Å². The second-order valence-electron chi connectivity index (χ2n) is 4.35. The zero-order valence-corrected chi connectivity index (χ0v) is 9.19. The highest BCUT2D eigenvalue weighted by Crippen LogP contribution is 2.30. The SMILES string of the molecule is Cc1ccc([C@@H](C)[C@@H]2COC(=O)C2)cc1. The predicted molar refractivity (Wildman–Crippen MR) is 58.7 cm³/mol. The van der Waals surface area contributed by atoms with Crippen LogP contribution in [0, 0.1) is 12.8 Å². The van der Waals surface area contributed by atoms with Crippen molar-refractivity contribution in [2.45, 2.75) is 26.2 Å². The number of carbonyl (C=O) groups excluding carboxylic acids is 1. The molecule has 15 heavy (non-hydrogen) atoms. The summed E-state index contributed by atoms with van der Waals surface area (Å²) in [6, 6.07) is 8.51. The minimum Gasteiger partial charge on any atom is -0.465 e. The molecule has 2 heteroatoms. The number of hydrogen-bond acceptors (Lipinski definition) is 2. The molecule has 1 aliphatic rings. The Hall–Kier alpha value is -1.31. The van der Waals surface area contributed by atoms with Crippen molar-refractivity contribution in [1.29, 1.82) is 0 Å². The van der Waals surface area contributed by atoms with Crippen molar-refractivity contribution in [3.05, 3.63) is 35.4 Å². The Morgan fingerprint density at radius 2 is 2.00 bits per heavy atom. The number of cyclic esters (lactones) is 1. The summed E-state index contributed by atoms with van der Waals surface area (Å²) in [4.78, 5) is 11.0. The Kier molecular flexibility index (Phi) is 2.76. The average Bonchev–Trinajstić information content (AvgIpc) is 2.65. The van der Waals surface area contributed by atoms with E-state index in [1.807, 2.05) is 0 Å². The van der Waals surface area contributed by atoms with Crippen LogP contribution in [0.2, 0.25) is 0 Å². The molecule has 1 heterocycles. The summed E-state index contributed by atoms with van der Waals surface area (Å²) in [7, 11) is 0. The summed E-state index contributed by atoms with van der Waals surface area (Å²) in [6.45, 7) is 4.82. The first-order chi connectivity index (χ1) is 7.16. The highest BCUT2D eigenvalue weighted by atomic mass is 16.5. The molecule has 2 atom stereocenters. The summed E-state index contributed by atoms with van der Waals surface area (Å²) in [5, 5.41) is 0. The Bertz CT molecular complexity index is 353. The van der Waals surface area contributed by atoms with E-state index in [0.29, 0.717) is 24.9 Å². The largest absolute Gasteiger partial charge is 0.465 e. The molecule has 0 radical (unpaired) electrons. The van der Waals surface area contributed by atoms with E-state index in [1.165, 1.54) is 11.1 Å². The Morgan fingerprint density at radius 3 is 2.53 bits per heavy atom. The Balaban J connectivity index is 2.10. The molecule has 1 aromatic carbocycles. The minimum atomic E-state index is -0.0565. The maximum absolute atomic E-state index is 11.0. The number of esters is 1. The topological polar surface area (TPSA) is 26.3 Å². The third-order valence-electron chi connectivity index (χ3n) is 3.20. The van der Waals surface area contributed by atoms with Gasteiger partial charge in [-0.1, -0.05) is 36.8 Å². The van der Waals surface area contributed by atoms with Gasteiger partial charge >= 0.3 is 5.97 Å². The van der Waals surface area contributed by atoms with Crippen LogP contribution in [-0.2, 0) is 9.53 Å². The van der Waals surface area contributed by atoms with Gasteiger partial charge in [-0.2, -0.15) is 0 Å². The van der Waals surface area contributed by atoms with Crippen LogP contribution >= 0.6 is 0 Å². The lowest BCUT2D eigenvalue weighted by molar-refractivity contribution is -0.137. The lowest BCUT2D eigenvalue weighted by Gasteiger charge is -2.16. The van der Waals surface area contributed by atoms with Gasteiger partial charge in [0.05, 0.1) is 13.0 Å². The molecule has 0 aromatic heterocycles.